The number of nitriles is 1. The van der Waals surface area contributed by atoms with Crippen molar-refractivity contribution in [2.75, 3.05) is 13.2 Å². The zero-order valence-corrected chi connectivity index (χ0v) is 20.4. The number of ether oxygens (including phenoxy) is 1. The molecule has 8 heteroatoms. The summed E-state index contributed by atoms with van der Waals surface area (Å²) in [5.41, 5.74) is 2.93. The summed E-state index contributed by atoms with van der Waals surface area (Å²) in [6.45, 7) is 0.947. The SMILES string of the molecule is N#CC1(c2cc(F)cc(Sc3ccc4c(-c5ccc(F)cc5)cc5nc(O)cn5c4c3)c2)CCOCC1. The molecule has 1 fully saturated rings. The van der Waals surface area contributed by atoms with Gasteiger partial charge in [-0.25, -0.2) is 8.78 Å². The van der Waals surface area contributed by atoms with Crippen LogP contribution >= 0.6 is 11.8 Å². The molecule has 37 heavy (non-hydrogen) atoms. The number of aromatic nitrogens is 2. The van der Waals surface area contributed by atoms with Gasteiger partial charge in [0.25, 0.3) is 0 Å². The van der Waals surface area contributed by atoms with Crippen molar-refractivity contribution in [3.8, 4) is 23.1 Å². The Morgan fingerprint density at radius 2 is 1.73 bits per heavy atom. The van der Waals surface area contributed by atoms with Gasteiger partial charge in [-0.1, -0.05) is 30.0 Å². The maximum Gasteiger partial charge on any atom is 0.230 e. The van der Waals surface area contributed by atoms with Crippen LogP contribution in [-0.2, 0) is 10.2 Å². The van der Waals surface area contributed by atoms with Gasteiger partial charge in [0.2, 0.25) is 5.88 Å². The van der Waals surface area contributed by atoms with Crippen LogP contribution in [0, 0.1) is 23.0 Å². The molecule has 1 N–H and O–H groups in total. The highest BCUT2D eigenvalue weighted by Gasteiger charge is 2.35. The molecule has 5 nitrogen and oxygen atoms in total. The van der Waals surface area contributed by atoms with Crippen molar-refractivity contribution in [2.24, 2.45) is 0 Å². The van der Waals surface area contributed by atoms with E-state index in [0.29, 0.717) is 42.2 Å². The second kappa shape index (κ2) is 9.18. The number of nitrogens with zero attached hydrogens (tertiary/aromatic N) is 3. The smallest absolute Gasteiger partial charge is 0.230 e. The molecule has 0 amide bonds. The number of benzene rings is 3. The number of imidazole rings is 1. The van der Waals surface area contributed by atoms with E-state index in [1.807, 2.05) is 30.3 Å². The largest absolute Gasteiger partial charge is 0.492 e. The monoisotopic (exact) mass is 513 g/mol. The Labute approximate surface area is 216 Å². The first kappa shape index (κ1) is 23.5. The van der Waals surface area contributed by atoms with E-state index < -0.39 is 5.41 Å². The minimum atomic E-state index is -0.760. The van der Waals surface area contributed by atoms with E-state index in [1.165, 1.54) is 36.0 Å². The van der Waals surface area contributed by atoms with Gasteiger partial charge in [-0.15, -0.1) is 0 Å². The van der Waals surface area contributed by atoms with Crippen LogP contribution < -0.4 is 0 Å². The summed E-state index contributed by atoms with van der Waals surface area (Å²) >= 11 is 1.40. The summed E-state index contributed by atoms with van der Waals surface area (Å²) in [5, 5.41) is 20.9. The minimum Gasteiger partial charge on any atom is -0.492 e. The van der Waals surface area contributed by atoms with Gasteiger partial charge < -0.3 is 9.84 Å². The number of aromatic hydroxyl groups is 1. The number of hydrogen-bond donors (Lipinski definition) is 1. The van der Waals surface area contributed by atoms with Gasteiger partial charge in [0.15, 0.2) is 0 Å². The van der Waals surface area contributed by atoms with Crippen LogP contribution in [-0.4, -0.2) is 27.7 Å². The zero-order chi connectivity index (χ0) is 25.6. The van der Waals surface area contributed by atoms with Crippen molar-refractivity contribution in [3.63, 3.8) is 0 Å². The molecule has 1 aliphatic heterocycles. The Kier molecular flexibility index (Phi) is 5.82. The third kappa shape index (κ3) is 4.31. The summed E-state index contributed by atoms with van der Waals surface area (Å²) < 4.78 is 35.5. The summed E-state index contributed by atoms with van der Waals surface area (Å²) in [4.78, 5) is 5.76. The molecule has 0 unspecified atom stereocenters. The average molecular weight is 514 g/mol. The van der Waals surface area contributed by atoms with Gasteiger partial charge in [-0.05, 0) is 78.1 Å². The Hall–Kier alpha value is -3.93. The van der Waals surface area contributed by atoms with E-state index in [1.54, 1.807) is 22.7 Å². The van der Waals surface area contributed by atoms with Crippen LogP contribution in [0.4, 0.5) is 8.78 Å². The van der Waals surface area contributed by atoms with Gasteiger partial charge in [0.05, 0.1) is 23.2 Å². The minimum absolute atomic E-state index is 0.108. The number of rotatable bonds is 4. The lowest BCUT2D eigenvalue weighted by Gasteiger charge is -2.31. The van der Waals surface area contributed by atoms with E-state index in [9.17, 15) is 19.1 Å². The normalized spacial score (nSPS) is 15.2. The third-order valence-corrected chi connectivity index (χ3v) is 7.85. The number of pyridine rings is 1. The summed E-state index contributed by atoms with van der Waals surface area (Å²) in [6.07, 6.45) is 2.60. The fourth-order valence-electron chi connectivity index (χ4n) is 4.97. The van der Waals surface area contributed by atoms with Crippen molar-refractivity contribution < 1.29 is 18.6 Å². The number of halogens is 2. The van der Waals surface area contributed by atoms with Crippen LogP contribution in [0.5, 0.6) is 5.88 Å². The fraction of sp³-hybridized carbons (Fsp3) is 0.172. The second-order valence-electron chi connectivity index (χ2n) is 9.16. The molecule has 0 aliphatic carbocycles. The van der Waals surface area contributed by atoms with Gasteiger partial charge >= 0.3 is 0 Å². The van der Waals surface area contributed by atoms with Gasteiger partial charge in [-0.2, -0.15) is 10.2 Å². The topological polar surface area (TPSA) is 70.5 Å². The van der Waals surface area contributed by atoms with E-state index in [-0.39, 0.29) is 17.5 Å². The maximum atomic E-state index is 14.7. The lowest BCUT2D eigenvalue weighted by Crippen LogP contribution is -2.32. The quantitative estimate of drug-likeness (QED) is 0.284. The average Bonchev–Trinajstić information content (AvgIpc) is 3.29. The molecule has 0 radical (unpaired) electrons. The first-order chi connectivity index (χ1) is 17.9. The first-order valence-electron chi connectivity index (χ1n) is 11.8. The predicted molar refractivity (Wildman–Crippen MR) is 138 cm³/mol. The standard InChI is InChI=1S/C29H21F2N3O2S/c30-20-3-1-18(2-4-20)25-15-27-33-28(35)16-34(27)26-14-22(5-6-24(25)26)37-23-12-19(11-21(31)13-23)29(17-32)7-9-36-10-8-29/h1-6,11-16,35H,7-10H2. The van der Waals surface area contributed by atoms with Crippen LogP contribution in [0.3, 0.4) is 0 Å². The van der Waals surface area contributed by atoms with Crippen molar-refractivity contribution in [3.05, 3.63) is 90.1 Å². The molecule has 1 saturated heterocycles. The Morgan fingerprint density at radius 3 is 2.49 bits per heavy atom. The van der Waals surface area contributed by atoms with Crippen LogP contribution in [0.1, 0.15) is 18.4 Å². The van der Waals surface area contributed by atoms with E-state index in [4.69, 9.17) is 4.74 Å². The van der Waals surface area contributed by atoms with Crippen molar-refractivity contribution in [2.45, 2.75) is 28.0 Å². The molecular weight excluding hydrogens is 492 g/mol. The molecule has 184 valence electrons. The highest BCUT2D eigenvalue weighted by atomic mass is 32.2. The van der Waals surface area contributed by atoms with Crippen molar-refractivity contribution in [1.82, 2.24) is 9.38 Å². The van der Waals surface area contributed by atoms with Crippen LogP contribution in [0.25, 0.3) is 27.7 Å². The first-order valence-corrected chi connectivity index (χ1v) is 12.6. The van der Waals surface area contributed by atoms with E-state index >= 15 is 0 Å². The lowest BCUT2D eigenvalue weighted by molar-refractivity contribution is 0.0674. The summed E-state index contributed by atoms with van der Waals surface area (Å²) in [7, 11) is 0. The van der Waals surface area contributed by atoms with Gasteiger partial charge in [0.1, 0.15) is 17.3 Å². The molecule has 0 saturated carbocycles. The number of hydrogen-bond acceptors (Lipinski definition) is 5. The molecule has 0 bridgehead atoms. The predicted octanol–water partition coefficient (Wildman–Crippen LogP) is 6.86. The highest BCUT2D eigenvalue weighted by molar-refractivity contribution is 7.99. The third-order valence-electron chi connectivity index (χ3n) is 6.89. The molecule has 0 spiro atoms. The molecule has 3 heterocycles. The molecule has 3 aromatic carbocycles. The lowest BCUT2D eigenvalue weighted by atomic mass is 9.75. The van der Waals surface area contributed by atoms with Crippen molar-refractivity contribution in [1.29, 1.82) is 5.26 Å². The van der Waals surface area contributed by atoms with Gasteiger partial charge in [-0.3, -0.25) is 4.40 Å². The molecule has 2 aromatic heterocycles. The summed E-state index contributed by atoms with van der Waals surface area (Å²) in [5.74, 6) is -0.814. The molecular formula is C29H21F2N3O2S. The van der Waals surface area contributed by atoms with Crippen molar-refractivity contribution >= 4 is 28.3 Å². The highest BCUT2D eigenvalue weighted by Crippen LogP contribution is 2.39. The molecule has 5 aromatic rings. The second-order valence-corrected chi connectivity index (χ2v) is 10.3. The fourth-order valence-corrected chi connectivity index (χ4v) is 5.91. The molecule has 1 aliphatic rings. The number of fused-ring (bicyclic) bond motifs is 3. The maximum absolute atomic E-state index is 14.7. The molecule has 6 rings (SSSR count). The summed E-state index contributed by atoms with van der Waals surface area (Å²) in [6, 6.07) is 21.2. The zero-order valence-electron chi connectivity index (χ0n) is 19.6. The van der Waals surface area contributed by atoms with E-state index in [0.717, 1.165) is 26.9 Å². The van der Waals surface area contributed by atoms with Crippen LogP contribution in [0.15, 0.2) is 82.7 Å². The Bertz CT molecular complexity index is 1690. The van der Waals surface area contributed by atoms with Gasteiger partial charge in [0, 0.05) is 28.4 Å². The molecule has 0 atom stereocenters. The van der Waals surface area contributed by atoms with E-state index in [2.05, 4.69) is 11.1 Å². The Balaban J connectivity index is 1.44. The van der Waals surface area contributed by atoms with Crippen LogP contribution in [0.2, 0.25) is 0 Å². The Morgan fingerprint density at radius 1 is 0.946 bits per heavy atom.